The van der Waals surface area contributed by atoms with Crippen LogP contribution >= 0.6 is 0 Å². The first-order valence-corrected chi connectivity index (χ1v) is 14.8. The molecule has 2 aliphatic heterocycles. The molecule has 2 rings (SSSR count). The molecule has 0 N–H and O–H groups in total. The van der Waals surface area contributed by atoms with Crippen molar-refractivity contribution in [3.8, 4) is 94.7 Å². The maximum Gasteiger partial charge on any atom is 0.385 e. The number of hydrogen-bond donors (Lipinski definition) is 0. The summed E-state index contributed by atoms with van der Waals surface area (Å²) in [5.74, 6) is 38.1. The minimum Gasteiger partial charge on any atom is -0.455 e. The largest absolute Gasteiger partial charge is 0.455 e. The summed E-state index contributed by atoms with van der Waals surface area (Å²) < 4.78 is 18.7. The van der Waals surface area contributed by atoms with E-state index in [9.17, 15) is 9.59 Å². The van der Waals surface area contributed by atoms with Gasteiger partial charge in [0.25, 0.3) is 0 Å². The molecule has 0 aromatic rings. The van der Waals surface area contributed by atoms with Crippen LogP contribution in [0.1, 0.15) is 81.1 Å². The monoisotopic (exact) mass is 605 g/mol. The second-order valence-corrected chi connectivity index (χ2v) is 11.3. The predicted octanol–water partition coefficient (Wildman–Crippen LogP) is 3.87. The van der Waals surface area contributed by atoms with E-state index in [-0.39, 0.29) is 18.5 Å². The highest BCUT2D eigenvalue weighted by atomic mass is 16.7. The van der Waals surface area contributed by atoms with Gasteiger partial charge >= 0.3 is 11.9 Å². The summed E-state index contributed by atoms with van der Waals surface area (Å²) in [6.45, 7) is 16.3. The summed E-state index contributed by atoms with van der Waals surface area (Å²) in [7, 11) is 0. The lowest BCUT2D eigenvalue weighted by atomic mass is 9.66. The van der Waals surface area contributed by atoms with E-state index in [1.54, 1.807) is 6.92 Å². The third kappa shape index (κ3) is 9.64. The maximum absolute atomic E-state index is 12.3. The zero-order chi connectivity index (χ0) is 33.4. The van der Waals surface area contributed by atoms with Crippen molar-refractivity contribution in [3.63, 3.8) is 0 Å². The molecule has 2 heterocycles. The minimum atomic E-state index is -0.880. The van der Waals surface area contributed by atoms with Crippen LogP contribution in [-0.4, -0.2) is 53.7 Å². The Labute approximate surface area is 269 Å². The van der Waals surface area contributed by atoms with Crippen molar-refractivity contribution in [1.82, 2.24) is 5.06 Å². The first-order chi connectivity index (χ1) is 21.5. The van der Waals surface area contributed by atoms with E-state index in [1.807, 2.05) is 12.0 Å². The Bertz CT molecular complexity index is 1640. The van der Waals surface area contributed by atoms with Gasteiger partial charge in [0.2, 0.25) is 0 Å². The zero-order valence-electron chi connectivity index (χ0n) is 27.4. The molecule has 3 atom stereocenters. The fraction of sp³-hybridized carbons (Fsp3) is 0.526. The first kappa shape index (κ1) is 36.5. The molecule has 0 aromatic heterocycles. The lowest BCUT2D eigenvalue weighted by Gasteiger charge is -2.63. The molecule has 1 spiro atoms. The van der Waals surface area contributed by atoms with Crippen LogP contribution in [0.3, 0.4) is 0 Å². The third-order valence-electron chi connectivity index (χ3n) is 8.48. The summed E-state index contributed by atoms with van der Waals surface area (Å²) in [5, 5.41) is 1.87. The highest BCUT2D eigenvalue weighted by Crippen LogP contribution is 2.54. The normalized spacial score (nSPS) is 27.6. The van der Waals surface area contributed by atoms with Gasteiger partial charge in [0.15, 0.2) is 5.79 Å². The Kier molecular flexibility index (Phi) is 13.8. The Morgan fingerprint density at radius 3 is 1.69 bits per heavy atom. The molecule has 2 saturated heterocycles. The molecular formula is C38H39NO6. The second-order valence-electron chi connectivity index (χ2n) is 11.3. The standard InChI is InChI=1S/C38H39NO6/c1-9-13-14-15-16-17-18-19-20-21-22-23-24-25-26-27-34(41)42-29-37(12-4)30-43-38(44-31-37)28-35(7,10-2)39(45-33(6)40)36(8,11-3)32(38)5/h32H,10-12,28-31H2,1-8H3. The molecule has 0 amide bonds. The van der Waals surface area contributed by atoms with Gasteiger partial charge in [-0.3, -0.25) is 4.79 Å². The van der Waals surface area contributed by atoms with Gasteiger partial charge in [-0.1, -0.05) is 33.6 Å². The number of esters is 1. The van der Waals surface area contributed by atoms with Crippen LogP contribution in [0.15, 0.2) is 0 Å². The number of hydrogen-bond acceptors (Lipinski definition) is 7. The van der Waals surface area contributed by atoms with E-state index >= 15 is 0 Å². The Morgan fingerprint density at radius 2 is 1.27 bits per heavy atom. The summed E-state index contributed by atoms with van der Waals surface area (Å²) >= 11 is 0. The molecule has 7 nitrogen and oxygen atoms in total. The van der Waals surface area contributed by atoms with Gasteiger partial charge in [-0.15, -0.1) is 5.06 Å². The van der Waals surface area contributed by atoms with Crippen molar-refractivity contribution < 1.29 is 28.6 Å². The zero-order valence-corrected chi connectivity index (χ0v) is 27.4. The van der Waals surface area contributed by atoms with Crippen LogP contribution in [-0.2, 0) is 28.6 Å². The summed E-state index contributed by atoms with van der Waals surface area (Å²) in [6.07, 6.45) is 2.64. The van der Waals surface area contributed by atoms with Crippen molar-refractivity contribution in [2.45, 2.75) is 97.9 Å². The Balaban J connectivity index is 2.00. The van der Waals surface area contributed by atoms with Crippen LogP contribution in [0.2, 0.25) is 0 Å². The molecule has 232 valence electrons. The van der Waals surface area contributed by atoms with Gasteiger partial charge in [0.05, 0.1) is 29.7 Å². The number of piperidine rings is 1. The highest BCUT2D eigenvalue weighted by Gasteiger charge is 2.64. The Hall–Kier alpha value is -4.70. The summed E-state index contributed by atoms with van der Waals surface area (Å²) in [6, 6.07) is 0. The average Bonchev–Trinajstić information content (AvgIpc) is 3.04. The van der Waals surface area contributed by atoms with Crippen LogP contribution in [0.4, 0.5) is 0 Å². The molecule has 0 aromatic carbocycles. The number of carbonyl (C=O) groups excluding carboxylic acids is 2. The van der Waals surface area contributed by atoms with Gasteiger partial charge in [-0.2, -0.15) is 0 Å². The molecule has 0 bridgehead atoms. The van der Waals surface area contributed by atoms with Gasteiger partial charge in [0.1, 0.15) is 6.61 Å². The van der Waals surface area contributed by atoms with E-state index in [2.05, 4.69) is 129 Å². The molecular weight excluding hydrogens is 566 g/mol. The van der Waals surface area contributed by atoms with E-state index in [0.29, 0.717) is 26.1 Å². The fourth-order valence-corrected chi connectivity index (χ4v) is 5.23. The topological polar surface area (TPSA) is 74.3 Å². The van der Waals surface area contributed by atoms with Crippen molar-refractivity contribution in [3.05, 3.63) is 0 Å². The second kappa shape index (κ2) is 17.0. The van der Waals surface area contributed by atoms with Gasteiger partial charge < -0.3 is 19.0 Å². The van der Waals surface area contributed by atoms with Crippen molar-refractivity contribution in [1.29, 1.82) is 0 Å². The first-order valence-electron chi connectivity index (χ1n) is 14.8. The quantitative estimate of drug-likeness (QED) is 0.259. The number of ether oxygens (including phenoxy) is 3. The molecule has 3 unspecified atom stereocenters. The van der Waals surface area contributed by atoms with E-state index in [4.69, 9.17) is 19.0 Å². The molecule has 45 heavy (non-hydrogen) atoms. The number of nitrogens with zero attached hydrogens (tertiary/aromatic N) is 1. The molecule has 0 radical (unpaired) electrons. The van der Waals surface area contributed by atoms with Gasteiger partial charge in [-0.05, 0) is 123 Å². The van der Waals surface area contributed by atoms with E-state index < -0.39 is 28.2 Å². The van der Waals surface area contributed by atoms with Crippen LogP contribution in [0, 0.1) is 106 Å². The molecule has 2 aliphatic rings. The fourth-order valence-electron chi connectivity index (χ4n) is 5.23. The molecule has 0 aliphatic carbocycles. The van der Waals surface area contributed by atoms with Crippen LogP contribution in [0.5, 0.6) is 0 Å². The summed E-state index contributed by atoms with van der Waals surface area (Å²) in [4.78, 5) is 30.1. The van der Waals surface area contributed by atoms with Gasteiger partial charge in [0, 0.05) is 25.2 Å². The van der Waals surface area contributed by atoms with Crippen molar-refractivity contribution in [2.75, 3.05) is 19.8 Å². The summed E-state index contributed by atoms with van der Waals surface area (Å²) in [5.41, 5.74) is -1.55. The maximum atomic E-state index is 12.3. The smallest absolute Gasteiger partial charge is 0.385 e. The number of carbonyl (C=O) groups is 2. The highest BCUT2D eigenvalue weighted by molar-refractivity contribution is 5.89. The van der Waals surface area contributed by atoms with Crippen LogP contribution < -0.4 is 0 Å². The van der Waals surface area contributed by atoms with Crippen molar-refractivity contribution in [2.24, 2.45) is 11.3 Å². The predicted molar refractivity (Wildman–Crippen MR) is 171 cm³/mol. The molecule has 2 fully saturated rings. The molecule has 7 heteroatoms. The van der Waals surface area contributed by atoms with Gasteiger partial charge in [-0.25, -0.2) is 4.79 Å². The average molecular weight is 606 g/mol. The Morgan fingerprint density at radius 1 is 0.778 bits per heavy atom. The van der Waals surface area contributed by atoms with E-state index in [0.717, 1.165) is 12.8 Å². The number of hydroxylamine groups is 2. The lowest BCUT2D eigenvalue weighted by molar-refractivity contribution is -0.403. The molecule has 0 saturated carbocycles. The minimum absolute atomic E-state index is 0.0881. The van der Waals surface area contributed by atoms with E-state index in [1.165, 1.54) is 6.92 Å². The third-order valence-corrected chi connectivity index (χ3v) is 8.48. The number of rotatable bonds is 6. The van der Waals surface area contributed by atoms with Crippen molar-refractivity contribution >= 4 is 11.9 Å². The lowest BCUT2D eigenvalue weighted by Crippen LogP contribution is -2.74. The SMILES string of the molecule is CC#CC#CC#CC#CC#CC#CC#CC#CC(=O)OCC1(CC)COC2(CC(C)(CC)N(OC(C)=O)C(C)(CC)C2C)OC1. The van der Waals surface area contributed by atoms with Crippen LogP contribution in [0.25, 0.3) is 0 Å².